The van der Waals surface area contributed by atoms with Crippen molar-refractivity contribution in [2.75, 3.05) is 31.6 Å². The summed E-state index contributed by atoms with van der Waals surface area (Å²) in [6, 6.07) is 7.92. The number of hydrogen-bond donors (Lipinski definition) is 1. The maximum atomic E-state index is 12.9. The summed E-state index contributed by atoms with van der Waals surface area (Å²) in [4.78, 5) is 20.6. The van der Waals surface area contributed by atoms with E-state index in [-0.39, 0.29) is 41.8 Å². The molecule has 10 nitrogen and oxygen atoms in total. The van der Waals surface area contributed by atoms with Crippen molar-refractivity contribution < 1.29 is 22.5 Å². The molecule has 3 aromatic rings. The monoisotopic (exact) mass is 477 g/mol. The molecule has 1 aliphatic heterocycles. The number of anilines is 1. The molecule has 32 heavy (non-hydrogen) atoms. The van der Waals surface area contributed by atoms with E-state index in [0.29, 0.717) is 36.2 Å². The lowest BCUT2D eigenvalue weighted by molar-refractivity contribution is -0.116. The summed E-state index contributed by atoms with van der Waals surface area (Å²) >= 11 is 6.15. The number of benzene rings is 1. The Morgan fingerprint density at radius 3 is 2.78 bits per heavy atom. The highest BCUT2D eigenvalue weighted by atomic mass is 35.5. The molecule has 0 unspecified atom stereocenters. The predicted molar refractivity (Wildman–Crippen MR) is 116 cm³/mol. The van der Waals surface area contributed by atoms with Crippen LogP contribution in [-0.2, 0) is 26.0 Å². The average Bonchev–Trinajstić information content (AvgIpc) is 3.29. The van der Waals surface area contributed by atoms with Crippen LogP contribution in [0.1, 0.15) is 12.3 Å². The van der Waals surface area contributed by atoms with Crippen molar-refractivity contribution in [2.45, 2.75) is 17.7 Å². The van der Waals surface area contributed by atoms with Gasteiger partial charge < -0.3 is 14.6 Å². The Balaban J connectivity index is 1.39. The second-order valence-electron chi connectivity index (χ2n) is 6.96. The first-order chi connectivity index (χ1) is 15.4. The van der Waals surface area contributed by atoms with Crippen LogP contribution in [0.2, 0.25) is 5.02 Å². The molecule has 1 aliphatic rings. The molecule has 0 bridgehead atoms. The number of rotatable bonds is 7. The fourth-order valence-corrected chi connectivity index (χ4v) is 5.03. The lowest BCUT2D eigenvalue weighted by Gasteiger charge is -2.26. The lowest BCUT2D eigenvalue weighted by atomic mass is 10.2. The van der Waals surface area contributed by atoms with Gasteiger partial charge in [0, 0.05) is 49.6 Å². The van der Waals surface area contributed by atoms with Gasteiger partial charge in [-0.3, -0.25) is 9.78 Å². The molecular weight excluding hydrogens is 458 g/mol. The van der Waals surface area contributed by atoms with Gasteiger partial charge in [-0.05, 0) is 30.3 Å². The molecule has 1 fully saturated rings. The Kier molecular flexibility index (Phi) is 6.80. The molecule has 168 valence electrons. The molecule has 0 aliphatic carbocycles. The molecule has 1 saturated heterocycles. The topological polar surface area (TPSA) is 128 Å². The average molecular weight is 478 g/mol. The smallest absolute Gasteiger partial charge is 0.244 e. The first-order valence-electron chi connectivity index (χ1n) is 9.84. The Morgan fingerprint density at radius 2 is 2.03 bits per heavy atom. The number of carbonyl (C=O) groups excluding carboxylic acids is 1. The summed E-state index contributed by atoms with van der Waals surface area (Å²) in [6.45, 7) is 1.15. The molecule has 0 atom stereocenters. The van der Waals surface area contributed by atoms with Crippen LogP contribution >= 0.6 is 11.6 Å². The number of sulfonamides is 1. The minimum Gasteiger partial charge on any atom is -0.379 e. The van der Waals surface area contributed by atoms with Crippen LogP contribution in [0.25, 0.3) is 11.4 Å². The fourth-order valence-electron chi connectivity index (χ4n) is 3.12. The summed E-state index contributed by atoms with van der Waals surface area (Å²) in [6.07, 6.45) is 3.56. The number of pyridine rings is 1. The van der Waals surface area contributed by atoms with E-state index in [1.165, 1.54) is 16.4 Å². The Hall–Kier alpha value is -2.86. The Bertz CT molecular complexity index is 1200. The summed E-state index contributed by atoms with van der Waals surface area (Å²) < 4.78 is 37.5. The van der Waals surface area contributed by atoms with Crippen LogP contribution in [0.15, 0.2) is 52.1 Å². The van der Waals surface area contributed by atoms with Crippen LogP contribution in [0.4, 0.5) is 5.69 Å². The zero-order chi connectivity index (χ0) is 22.6. The maximum absolute atomic E-state index is 12.9. The number of aromatic nitrogens is 3. The Labute approximate surface area is 189 Å². The molecule has 0 saturated carbocycles. The van der Waals surface area contributed by atoms with E-state index < -0.39 is 10.0 Å². The molecule has 12 heteroatoms. The SMILES string of the molecule is O=C(CCc1nc(-c2cccnc2)no1)Nc1ccc(Cl)c(S(=O)(=O)N2CCOCC2)c1. The minimum atomic E-state index is -3.80. The molecular formula is C20H20ClN5O5S. The van der Waals surface area contributed by atoms with Crippen molar-refractivity contribution in [1.82, 2.24) is 19.4 Å². The third-order valence-corrected chi connectivity index (χ3v) is 7.14. The number of carbonyl (C=O) groups is 1. The lowest BCUT2D eigenvalue weighted by Crippen LogP contribution is -2.40. The molecule has 4 rings (SSSR count). The van der Waals surface area contributed by atoms with Gasteiger partial charge in [0.05, 0.1) is 18.2 Å². The van der Waals surface area contributed by atoms with E-state index in [9.17, 15) is 13.2 Å². The van der Waals surface area contributed by atoms with Crippen molar-refractivity contribution in [2.24, 2.45) is 0 Å². The summed E-state index contributed by atoms with van der Waals surface area (Å²) in [5, 5.41) is 6.66. The van der Waals surface area contributed by atoms with Gasteiger partial charge in [-0.1, -0.05) is 16.8 Å². The number of amides is 1. The quantitative estimate of drug-likeness (QED) is 0.549. The highest BCUT2D eigenvalue weighted by molar-refractivity contribution is 7.89. The zero-order valence-electron chi connectivity index (χ0n) is 16.9. The van der Waals surface area contributed by atoms with Gasteiger partial charge in [-0.15, -0.1) is 0 Å². The normalized spacial score (nSPS) is 14.9. The molecule has 0 spiro atoms. The molecule has 0 radical (unpaired) electrons. The first kappa shape index (κ1) is 22.3. The van der Waals surface area contributed by atoms with Crippen LogP contribution < -0.4 is 5.32 Å². The summed E-state index contributed by atoms with van der Waals surface area (Å²) in [5.41, 5.74) is 1.04. The highest BCUT2D eigenvalue weighted by Crippen LogP contribution is 2.28. The number of morpholine rings is 1. The molecule has 1 amide bonds. The molecule has 3 heterocycles. The van der Waals surface area contributed by atoms with Crippen molar-refractivity contribution in [1.29, 1.82) is 0 Å². The van der Waals surface area contributed by atoms with Crippen molar-refractivity contribution >= 4 is 33.2 Å². The second kappa shape index (κ2) is 9.74. The van der Waals surface area contributed by atoms with Gasteiger partial charge in [-0.2, -0.15) is 9.29 Å². The summed E-state index contributed by atoms with van der Waals surface area (Å²) in [7, 11) is -3.80. The van der Waals surface area contributed by atoms with Crippen LogP contribution in [0, 0.1) is 0 Å². The van der Waals surface area contributed by atoms with Crippen LogP contribution in [0.5, 0.6) is 0 Å². The largest absolute Gasteiger partial charge is 0.379 e. The maximum Gasteiger partial charge on any atom is 0.244 e. The van der Waals surface area contributed by atoms with Gasteiger partial charge in [-0.25, -0.2) is 8.42 Å². The third kappa shape index (κ3) is 5.13. The molecule has 1 aromatic carbocycles. The number of hydrogen-bond acceptors (Lipinski definition) is 8. The number of nitrogens with one attached hydrogen (secondary N) is 1. The highest BCUT2D eigenvalue weighted by Gasteiger charge is 2.28. The number of aryl methyl sites for hydroxylation is 1. The van der Waals surface area contributed by atoms with Crippen LogP contribution in [-0.4, -0.2) is 60.1 Å². The minimum absolute atomic E-state index is 0.0584. The van der Waals surface area contributed by atoms with Crippen molar-refractivity contribution in [3.8, 4) is 11.4 Å². The fraction of sp³-hybridized carbons (Fsp3) is 0.300. The second-order valence-corrected chi connectivity index (χ2v) is 9.28. The van der Waals surface area contributed by atoms with Gasteiger partial charge >= 0.3 is 0 Å². The van der Waals surface area contributed by atoms with E-state index in [2.05, 4.69) is 20.4 Å². The molecule has 2 aromatic heterocycles. The number of nitrogens with zero attached hydrogens (tertiary/aromatic N) is 4. The summed E-state index contributed by atoms with van der Waals surface area (Å²) in [5.74, 6) is 0.373. The van der Waals surface area contributed by atoms with E-state index in [1.807, 2.05) is 0 Å². The van der Waals surface area contributed by atoms with Gasteiger partial charge in [0.1, 0.15) is 4.90 Å². The predicted octanol–water partition coefficient (Wildman–Crippen LogP) is 2.38. The number of halogens is 1. The zero-order valence-corrected chi connectivity index (χ0v) is 18.5. The van der Waals surface area contributed by atoms with E-state index >= 15 is 0 Å². The van der Waals surface area contributed by atoms with Crippen molar-refractivity contribution in [3.63, 3.8) is 0 Å². The van der Waals surface area contributed by atoms with E-state index in [4.69, 9.17) is 20.9 Å². The first-order valence-corrected chi connectivity index (χ1v) is 11.7. The van der Waals surface area contributed by atoms with E-state index in [0.717, 1.165) is 0 Å². The van der Waals surface area contributed by atoms with Gasteiger partial charge in [0.2, 0.25) is 27.6 Å². The molecule has 1 N–H and O–H groups in total. The van der Waals surface area contributed by atoms with Gasteiger partial charge in [0.25, 0.3) is 0 Å². The number of ether oxygens (including phenoxy) is 1. The standard InChI is InChI=1S/C20H20ClN5O5S/c21-16-4-3-15(12-17(16)32(28,29)26-8-10-30-11-9-26)23-18(27)5-6-19-24-20(25-31-19)14-2-1-7-22-13-14/h1-4,7,12-13H,5-6,8-11H2,(H,23,27). The van der Waals surface area contributed by atoms with Gasteiger partial charge in [0.15, 0.2) is 0 Å². The van der Waals surface area contributed by atoms with E-state index in [1.54, 1.807) is 30.6 Å². The van der Waals surface area contributed by atoms with Crippen molar-refractivity contribution in [3.05, 3.63) is 53.6 Å². The van der Waals surface area contributed by atoms with Crippen LogP contribution in [0.3, 0.4) is 0 Å². The third-order valence-electron chi connectivity index (χ3n) is 4.76. The Morgan fingerprint density at radius 1 is 1.22 bits per heavy atom.